The van der Waals surface area contributed by atoms with Crippen molar-refractivity contribution in [2.24, 2.45) is 0 Å². The molecule has 2 N–H and O–H groups in total. The van der Waals surface area contributed by atoms with Crippen molar-refractivity contribution in [3.05, 3.63) is 63.6 Å². The predicted octanol–water partition coefficient (Wildman–Crippen LogP) is 4.82. The van der Waals surface area contributed by atoms with Crippen molar-refractivity contribution >= 4 is 16.8 Å². The van der Waals surface area contributed by atoms with Crippen molar-refractivity contribution in [2.45, 2.75) is 31.5 Å². The minimum Gasteiger partial charge on any atom is -0.408 e. The van der Waals surface area contributed by atoms with Gasteiger partial charge in [0.15, 0.2) is 5.58 Å². The lowest BCUT2D eigenvalue weighted by Crippen LogP contribution is -2.50. The van der Waals surface area contributed by atoms with Crippen LogP contribution in [0.15, 0.2) is 45.6 Å². The normalized spacial score (nSPS) is 13.2. The first-order chi connectivity index (χ1) is 13.3. The van der Waals surface area contributed by atoms with E-state index < -0.39 is 34.9 Å². The zero-order valence-corrected chi connectivity index (χ0v) is 14.7. The highest BCUT2D eigenvalue weighted by molar-refractivity contribution is 5.74. The summed E-state index contributed by atoms with van der Waals surface area (Å²) in [5.41, 5.74) is -0.594. The molecule has 0 amide bonds. The molecule has 0 aliphatic heterocycles. The molecule has 0 saturated carbocycles. The van der Waals surface area contributed by atoms with Gasteiger partial charge in [0.2, 0.25) is 0 Å². The van der Waals surface area contributed by atoms with E-state index in [1.807, 2.05) is 0 Å². The third-order valence-corrected chi connectivity index (χ3v) is 4.66. The molecular weight excluding hydrogens is 409 g/mol. The van der Waals surface area contributed by atoms with Gasteiger partial charge in [-0.3, -0.25) is 4.57 Å². The van der Waals surface area contributed by atoms with Crippen LogP contribution in [0.25, 0.3) is 11.1 Å². The van der Waals surface area contributed by atoms with E-state index in [1.165, 1.54) is 0 Å². The van der Waals surface area contributed by atoms with E-state index in [2.05, 4.69) is 0 Å². The van der Waals surface area contributed by atoms with E-state index >= 15 is 0 Å². The highest BCUT2D eigenvalue weighted by Crippen LogP contribution is 2.53. The standard InChI is InChI=1S/C18H13F7N2O2/c1-9-10(3-2-4-12(9)26)8-27-13-6-5-11(7-14(13)29-15(27)28)16(19,17(20,21)22)18(23,24)25/h2-7H,8,26H2,1H3. The number of benzene rings is 2. The number of alkyl halides is 7. The molecular formula is C18H13F7N2O2. The number of hydrogen-bond donors (Lipinski definition) is 1. The van der Waals surface area contributed by atoms with E-state index in [4.69, 9.17) is 10.2 Å². The fourth-order valence-electron chi connectivity index (χ4n) is 2.96. The zero-order valence-electron chi connectivity index (χ0n) is 14.7. The first-order valence-electron chi connectivity index (χ1n) is 8.07. The second-order valence-electron chi connectivity index (χ2n) is 6.42. The molecule has 11 heteroatoms. The van der Waals surface area contributed by atoms with Crippen LogP contribution >= 0.6 is 0 Å². The Morgan fingerprint density at radius 2 is 1.62 bits per heavy atom. The van der Waals surface area contributed by atoms with Crippen LogP contribution in [-0.2, 0) is 12.2 Å². The molecule has 29 heavy (non-hydrogen) atoms. The Morgan fingerprint density at radius 3 is 2.21 bits per heavy atom. The topological polar surface area (TPSA) is 61.2 Å². The third kappa shape index (κ3) is 3.23. The third-order valence-electron chi connectivity index (χ3n) is 4.66. The lowest BCUT2D eigenvalue weighted by atomic mass is 9.94. The first-order valence-corrected chi connectivity index (χ1v) is 8.07. The molecule has 4 nitrogen and oxygen atoms in total. The van der Waals surface area contributed by atoms with Crippen molar-refractivity contribution in [3.63, 3.8) is 0 Å². The number of anilines is 1. The quantitative estimate of drug-likeness (QED) is 0.486. The molecule has 1 aromatic heterocycles. The Kier molecular flexibility index (Phi) is 4.67. The maximum Gasteiger partial charge on any atom is 0.435 e. The van der Waals surface area contributed by atoms with E-state index in [-0.39, 0.29) is 18.1 Å². The molecule has 0 bridgehead atoms. The summed E-state index contributed by atoms with van der Waals surface area (Å²) in [7, 11) is 0. The summed E-state index contributed by atoms with van der Waals surface area (Å²) in [6.45, 7) is 1.58. The van der Waals surface area contributed by atoms with Gasteiger partial charge in [0, 0.05) is 11.3 Å². The molecule has 3 rings (SSSR count). The van der Waals surface area contributed by atoms with Crippen LogP contribution in [0.3, 0.4) is 0 Å². The predicted molar refractivity (Wildman–Crippen MR) is 90.1 cm³/mol. The maximum absolute atomic E-state index is 14.2. The number of fused-ring (bicyclic) bond motifs is 1. The van der Waals surface area contributed by atoms with Gasteiger partial charge in [0.1, 0.15) is 0 Å². The number of nitrogens with zero attached hydrogens (tertiary/aromatic N) is 1. The van der Waals surface area contributed by atoms with Gasteiger partial charge in [-0.25, -0.2) is 9.18 Å². The molecule has 0 fully saturated rings. The zero-order chi connectivity index (χ0) is 21.8. The highest BCUT2D eigenvalue weighted by atomic mass is 19.4. The summed E-state index contributed by atoms with van der Waals surface area (Å²) in [5, 5.41) is 0. The van der Waals surface area contributed by atoms with Crippen molar-refractivity contribution in [3.8, 4) is 0 Å². The molecule has 0 spiro atoms. The smallest absolute Gasteiger partial charge is 0.408 e. The minimum absolute atomic E-state index is 0.0905. The fraction of sp³-hybridized carbons (Fsp3) is 0.278. The first kappa shape index (κ1) is 20.7. The summed E-state index contributed by atoms with van der Waals surface area (Å²) < 4.78 is 97.6. The number of aromatic nitrogens is 1. The van der Waals surface area contributed by atoms with Gasteiger partial charge in [-0.15, -0.1) is 0 Å². The summed E-state index contributed by atoms with van der Waals surface area (Å²) in [6, 6.07) is 6.24. The number of rotatable bonds is 3. The van der Waals surface area contributed by atoms with E-state index in [0.29, 0.717) is 22.9 Å². The van der Waals surface area contributed by atoms with Crippen molar-refractivity contribution in [1.82, 2.24) is 4.57 Å². The largest absolute Gasteiger partial charge is 0.435 e. The Bertz CT molecular complexity index is 1110. The molecule has 1 heterocycles. The molecule has 0 atom stereocenters. The van der Waals surface area contributed by atoms with Gasteiger partial charge in [-0.1, -0.05) is 18.2 Å². The molecule has 0 unspecified atom stereocenters. The number of nitrogens with two attached hydrogens (primary N) is 1. The Morgan fingerprint density at radius 1 is 1.00 bits per heavy atom. The number of nitrogen functional groups attached to an aromatic ring is 1. The van der Waals surface area contributed by atoms with Crippen molar-refractivity contribution < 1.29 is 35.2 Å². The van der Waals surface area contributed by atoms with Gasteiger partial charge in [-0.05, 0) is 36.2 Å². The molecule has 0 saturated heterocycles. The molecule has 3 aromatic rings. The minimum atomic E-state index is -6.26. The molecule has 0 aliphatic rings. The van der Waals surface area contributed by atoms with Crippen LogP contribution in [0.2, 0.25) is 0 Å². The SMILES string of the molecule is Cc1c(N)cccc1Cn1c(=O)oc2cc(C(F)(C(F)(F)F)C(F)(F)F)ccc21. The summed E-state index contributed by atoms with van der Waals surface area (Å²) in [4.78, 5) is 12.1. The maximum atomic E-state index is 14.2. The molecule has 0 aliphatic carbocycles. The van der Waals surface area contributed by atoms with Crippen molar-refractivity contribution in [1.29, 1.82) is 0 Å². The van der Waals surface area contributed by atoms with Crippen molar-refractivity contribution in [2.75, 3.05) is 5.73 Å². The van der Waals surface area contributed by atoms with Crippen LogP contribution in [0, 0.1) is 6.92 Å². The molecule has 156 valence electrons. The van der Waals surface area contributed by atoms with E-state index in [9.17, 15) is 35.5 Å². The number of halogens is 7. The Labute approximate surface area is 158 Å². The summed E-state index contributed by atoms with van der Waals surface area (Å²) in [6.07, 6.45) is -12.5. The lowest BCUT2D eigenvalue weighted by Gasteiger charge is -2.30. The van der Waals surface area contributed by atoms with Crippen LogP contribution in [0.5, 0.6) is 0 Å². The van der Waals surface area contributed by atoms with Gasteiger partial charge >= 0.3 is 23.8 Å². The number of hydrogen-bond acceptors (Lipinski definition) is 3. The average Bonchev–Trinajstić information content (AvgIpc) is 2.91. The van der Waals surface area contributed by atoms with E-state index in [0.717, 1.165) is 10.6 Å². The van der Waals surface area contributed by atoms with Gasteiger partial charge < -0.3 is 10.2 Å². The Balaban J connectivity index is 2.14. The second kappa shape index (κ2) is 6.53. The molecule has 0 radical (unpaired) electrons. The van der Waals surface area contributed by atoms with Gasteiger partial charge in [0.25, 0.3) is 0 Å². The average molecular weight is 422 g/mol. The van der Waals surface area contributed by atoms with E-state index in [1.54, 1.807) is 25.1 Å². The summed E-state index contributed by atoms with van der Waals surface area (Å²) in [5.74, 6) is -1.03. The monoisotopic (exact) mass is 422 g/mol. The Hall–Kier alpha value is -2.98. The number of oxazole rings is 1. The van der Waals surface area contributed by atoms with Crippen LogP contribution in [0.1, 0.15) is 16.7 Å². The van der Waals surface area contributed by atoms with Crippen LogP contribution in [-0.4, -0.2) is 16.9 Å². The lowest BCUT2D eigenvalue weighted by molar-refractivity contribution is -0.348. The molecule has 2 aromatic carbocycles. The van der Waals surface area contributed by atoms with Gasteiger partial charge in [0.05, 0.1) is 12.1 Å². The van der Waals surface area contributed by atoms with Crippen LogP contribution < -0.4 is 11.5 Å². The second-order valence-corrected chi connectivity index (χ2v) is 6.42. The van der Waals surface area contributed by atoms with Gasteiger partial charge in [-0.2, -0.15) is 26.3 Å². The fourth-order valence-corrected chi connectivity index (χ4v) is 2.96. The van der Waals surface area contributed by atoms with Crippen LogP contribution in [0.4, 0.5) is 36.4 Å². The highest BCUT2D eigenvalue weighted by Gasteiger charge is 2.73. The summed E-state index contributed by atoms with van der Waals surface area (Å²) >= 11 is 0.